The molecule has 1 amide bonds. The Morgan fingerprint density at radius 2 is 1.76 bits per heavy atom. The van der Waals surface area contributed by atoms with Crippen molar-refractivity contribution in [2.24, 2.45) is 5.92 Å². The average Bonchev–Trinajstić information content (AvgIpc) is 2.62. The first-order valence-corrected chi connectivity index (χ1v) is 8.60. The number of benzene rings is 2. The highest BCUT2D eigenvalue weighted by molar-refractivity contribution is 6.30. The van der Waals surface area contributed by atoms with Crippen LogP contribution in [0.15, 0.2) is 48.5 Å². The van der Waals surface area contributed by atoms with E-state index < -0.39 is 6.10 Å². The summed E-state index contributed by atoms with van der Waals surface area (Å²) in [5.74, 6) is 0.564. The van der Waals surface area contributed by atoms with Crippen LogP contribution in [-0.2, 0) is 11.2 Å². The first-order chi connectivity index (χ1) is 11.9. The molecule has 134 valence electrons. The highest BCUT2D eigenvalue weighted by Gasteiger charge is 2.20. The fourth-order valence-corrected chi connectivity index (χ4v) is 2.84. The number of nitrogens with zero attached hydrogens (tertiary/aromatic N) is 1. The van der Waals surface area contributed by atoms with Crippen molar-refractivity contribution in [1.29, 1.82) is 0 Å². The minimum Gasteiger partial charge on any atom is -0.497 e. The summed E-state index contributed by atoms with van der Waals surface area (Å²) in [6, 6.07) is 14.7. The fourth-order valence-electron chi connectivity index (χ4n) is 2.72. The first-order valence-electron chi connectivity index (χ1n) is 8.22. The van der Waals surface area contributed by atoms with Gasteiger partial charge in [-0.15, -0.1) is 0 Å². The molecule has 0 radical (unpaired) electrons. The predicted molar refractivity (Wildman–Crippen MR) is 99.9 cm³/mol. The van der Waals surface area contributed by atoms with Gasteiger partial charge >= 0.3 is 0 Å². The number of hydrogen-bond acceptors (Lipinski definition) is 3. The Balaban J connectivity index is 1.92. The maximum absolute atomic E-state index is 12.6. The number of carbonyl (C=O) groups is 1. The van der Waals surface area contributed by atoms with Crippen LogP contribution in [0.25, 0.3) is 0 Å². The highest BCUT2D eigenvalue weighted by atomic mass is 35.5. The van der Waals surface area contributed by atoms with Crippen LogP contribution in [0.2, 0.25) is 5.02 Å². The van der Waals surface area contributed by atoms with E-state index in [2.05, 4.69) is 0 Å². The third-order valence-corrected chi connectivity index (χ3v) is 4.45. The standard InChI is InChI=1S/C20H24ClNO3/c1-14(12-15-4-8-17(21)9-5-15)20(24)22(2)13-19(23)16-6-10-18(25-3)11-7-16/h4-11,14,19,23H,12-13H2,1-3H3. The molecule has 2 aromatic rings. The number of aliphatic hydroxyl groups excluding tert-OH is 1. The van der Waals surface area contributed by atoms with Gasteiger partial charge in [0.05, 0.1) is 19.8 Å². The normalized spacial score (nSPS) is 13.2. The summed E-state index contributed by atoms with van der Waals surface area (Å²) in [5, 5.41) is 11.0. The molecule has 0 aliphatic rings. The van der Waals surface area contributed by atoms with Gasteiger partial charge in [0.15, 0.2) is 0 Å². The molecule has 4 nitrogen and oxygen atoms in total. The van der Waals surface area contributed by atoms with E-state index in [0.717, 1.165) is 16.9 Å². The van der Waals surface area contributed by atoms with Crippen LogP contribution >= 0.6 is 11.6 Å². The lowest BCUT2D eigenvalue weighted by molar-refractivity contribution is -0.134. The zero-order valence-corrected chi connectivity index (χ0v) is 15.5. The van der Waals surface area contributed by atoms with Crippen molar-refractivity contribution in [1.82, 2.24) is 4.90 Å². The summed E-state index contributed by atoms with van der Waals surface area (Å²) < 4.78 is 5.11. The van der Waals surface area contributed by atoms with Gasteiger partial charge in [0, 0.05) is 18.0 Å². The third-order valence-electron chi connectivity index (χ3n) is 4.20. The van der Waals surface area contributed by atoms with Crippen molar-refractivity contribution >= 4 is 17.5 Å². The van der Waals surface area contributed by atoms with Crippen LogP contribution in [0.1, 0.15) is 24.2 Å². The summed E-state index contributed by atoms with van der Waals surface area (Å²) in [4.78, 5) is 14.1. The summed E-state index contributed by atoms with van der Waals surface area (Å²) in [7, 11) is 3.31. The average molecular weight is 362 g/mol. The lowest BCUT2D eigenvalue weighted by Crippen LogP contribution is -2.35. The van der Waals surface area contributed by atoms with Gasteiger partial charge in [-0.05, 0) is 41.8 Å². The predicted octanol–water partition coefficient (Wildman–Crippen LogP) is 3.72. The number of likely N-dealkylation sites (N-methyl/N-ethyl adjacent to an activating group) is 1. The minimum atomic E-state index is -0.734. The van der Waals surface area contributed by atoms with Crippen molar-refractivity contribution in [3.8, 4) is 5.75 Å². The molecule has 0 aliphatic heterocycles. The maximum Gasteiger partial charge on any atom is 0.225 e. The number of amides is 1. The van der Waals surface area contributed by atoms with E-state index >= 15 is 0 Å². The Bertz CT molecular complexity index is 685. The molecule has 2 rings (SSSR count). The molecule has 2 unspecified atom stereocenters. The Hall–Kier alpha value is -2.04. The molecule has 0 aromatic heterocycles. The fraction of sp³-hybridized carbons (Fsp3) is 0.350. The molecule has 1 N–H and O–H groups in total. The van der Waals surface area contributed by atoms with Gasteiger partial charge < -0.3 is 14.7 Å². The molecular weight excluding hydrogens is 338 g/mol. The number of halogens is 1. The van der Waals surface area contributed by atoms with Crippen LogP contribution in [0.3, 0.4) is 0 Å². The number of carbonyl (C=O) groups excluding carboxylic acids is 1. The summed E-state index contributed by atoms with van der Waals surface area (Å²) in [6.07, 6.45) is -0.0958. The minimum absolute atomic E-state index is 0.00233. The van der Waals surface area contributed by atoms with E-state index in [-0.39, 0.29) is 18.4 Å². The largest absolute Gasteiger partial charge is 0.497 e. The molecule has 0 saturated carbocycles. The Labute approximate surface area is 154 Å². The van der Waals surface area contributed by atoms with Gasteiger partial charge in [-0.2, -0.15) is 0 Å². The first kappa shape index (κ1) is 19.3. The van der Waals surface area contributed by atoms with Crippen LogP contribution < -0.4 is 4.74 Å². The molecule has 0 aliphatic carbocycles. The molecule has 0 bridgehead atoms. The van der Waals surface area contributed by atoms with E-state index in [1.54, 1.807) is 43.3 Å². The van der Waals surface area contributed by atoms with E-state index in [4.69, 9.17) is 16.3 Å². The van der Waals surface area contributed by atoms with Crippen molar-refractivity contribution in [3.63, 3.8) is 0 Å². The topological polar surface area (TPSA) is 49.8 Å². The molecule has 5 heteroatoms. The van der Waals surface area contributed by atoms with Crippen LogP contribution in [0.4, 0.5) is 0 Å². The van der Waals surface area contributed by atoms with Crippen molar-refractivity contribution in [2.75, 3.05) is 20.7 Å². The second kappa shape index (κ2) is 8.88. The zero-order chi connectivity index (χ0) is 18.4. The van der Waals surface area contributed by atoms with Gasteiger partial charge in [-0.3, -0.25) is 4.79 Å². The Kier molecular flexibility index (Phi) is 6.85. The number of hydrogen-bond donors (Lipinski definition) is 1. The summed E-state index contributed by atoms with van der Waals surface area (Å²) >= 11 is 5.88. The van der Waals surface area contributed by atoms with E-state index in [9.17, 15) is 9.90 Å². The number of methoxy groups -OCH3 is 1. The van der Waals surface area contributed by atoms with Gasteiger partial charge in [0.25, 0.3) is 0 Å². The maximum atomic E-state index is 12.6. The van der Waals surface area contributed by atoms with Gasteiger partial charge in [0.2, 0.25) is 5.91 Å². The lowest BCUT2D eigenvalue weighted by Gasteiger charge is -2.24. The second-order valence-corrected chi connectivity index (χ2v) is 6.68. The van der Waals surface area contributed by atoms with Gasteiger partial charge in [0.1, 0.15) is 5.75 Å². The molecular formula is C20H24ClNO3. The van der Waals surface area contributed by atoms with E-state index in [1.165, 1.54) is 0 Å². The quantitative estimate of drug-likeness (QED) is 0.817. The zero-order valence-electron chi connectivity index (χ0n) is 14.8. The Morgan fingerprint density at radius 3 is 2.32 bits per heavy atom. The number of rotatable bonds is 7. The van der Waals surface area contributed by atoms with Crippen LogP contribution in [-0.4, -0.2) is 36.6 Å². The third kappa shape index (κ3) is 5.48. The SMILES string of the molecule is COc1ccc(C(O)CN(C)C(=O)C(C)Cc2ccc(Cl)cc2)cc1. The van der Waals surface area contributed by atoms with Gasteiger partial charge in [-0.25, -0.2) is 0 Å². The van der Waals surface area contributed by atoms with E-state index in [0.29, 0.717) is 11.4 Å². The molecule has 2 atom stereocenters. The van der Waals surface area contributed by atoms with Crippen LogP contribution in [0.5, 0.6) is 5.75 Å². The van der Waals surface area contributed by atoms with Crippen molar-refractivity contribution in [2.45, 2.75) is 19.4 Å². The number of aliphatic hydroxyl groups is 1. The van der Waals surface area contributed by atoms with E-state index in [1.807, 2.05) is 31.2 Å². The summed E-state index contributed by atoms with van der Waals surface area (Å²) in [5.41, 5.74) is 1.82. The van der Waals surface area contributed by atoms with Crippen LogP contribution in [0, 0.1) is 5.92 Å². The molecule has 0 saturated heterocycles. The summed E-state index contributed by atoms with van der Waals surface area (Å²) in [6.45, 7) is 2.14. The highest BCUT2D eigenvalue weighted by Crippen LogP contribution is 2.20. The Morgan fingerprint density at radius 1 is 1.16 bits per heavy atom. The number of ether oxygens (including phenoxy) is 1. The smallest absolute Gasteiger partial charge is 0.225 e. The molecule has 25 heavy (non-hydrogen) atoms. The molecule has 0 heterocycles. The molecule has 0 fully saturated rings. The second-order valence-electron chi connectivity index (χ2n) is 6.24. The van der Waals surface area contributed by atoms with Crippen molar-refractivity contribution < 1.29 is 14.6 Å². The monoisotopic (exact) mass is 361 g/mol. The molecule has 2 aromatic carbocycles. The molecule has 0 spiro atoms. The lowest BCUT2D eigenvalue weighted by atomic mass is 9.99. The van der Waals surface area contributed by atoms with Crippen molar-refractivity contribution in [3.05, 3.63) is 64.7 Å². The van der Waals surface area contributed by atoms with Gasteiger partial charge in [-0.1, -0.05) is 42.8 Å².